The summed E-state index contributed by atoms with van der Waals surface area (Å²) in [4.78, 5) is 4.28. The van der Waals surface area contributed by atoms with Crippen molar-refractivity contribution in [2.45, 2.75) is 6.04 Å². The molecule has 3 rings (SSSR count). The van der Waals surface area contributed by atoms with Gasteiger partial charge in [0.05, 0.1) is 29.5 Å². The number of hydrogen-bond acceptors (Lipinski definition) is 4. The van der Waals surface area contributed by atoms with Gasteiger partial charge in [-0.3, -0.25) is 4.98 Å². The highest BCUT2D eigenvalue weighted by atomic mass is 16.3. The molecule has 0 amide bonds. The maximum absolute atomic E-state index is 9.63. The molecule has 106 valence electrons. The van der Waals surface area contributed by atoms with Crippen molar-refractivity contribution in [3.63, 3.8) is 0 Å². The minimum absolute atomic E-state index is 0.00543. The van der Waals surface area contributed by atoms with Crippen LogP contribution in [0.5, 0.6) is 0 Å². The first-order valence-electron chi connectivity index (χ1n) is 6.85. The summed E-state index contributed by atoms with van der Waals surface area (Å²) < 4.78 is 0. The van der Waals surface area contributed by atoms with Crippen LogP contribution >= 0.6 is 0 Å². The van der Waals surface area contributed by atoms with Gasteiger partial charge in [0.25, 0.3) is 0 Å². The van der Waals surface area contributed by atoms with E-state index in [-0.39, 0.29) is 12.6 Å². The number of aromatic nitrogens is 1. The number of aliphatic hydroxyl groups excluding tert-OH is 1. The molecule has 0 aliphatic heterocycles. The van der Waals surface area contributed by atoms with Crippen LogP contribution in [-0.2, 0) is 0 Å². The van der Waals surface area contributed by atoms with E-state index in [2.05, 4.69) is 10.3 Å². The number of rotatable bonds is 4. The minimum atomic E-state index is -0.192. The maximum Gasteiger partial charge on any atom is 0.0745 e. The third-order valence-corrected chi connectivity index (χ3v) is 3.54. The second kappa shape index (κ2) is 5.81. The highest BCUT2D eigenvalue weighted by Gasteiger charge is 2.12. The summed E-state index contributed by atoms with van der Waals surface area (Å²) in [6.45, 7) is -0.00543. The summed E-state index contributed by atoms with van der Waals surface area (Å²) in [5.74, 6) is 0. The molecule has 1 heterocycles. The highest BCUT2D eigenvalue weighted by Crippen LogP contribution is 2.30. The van der Waals surface area contributed by atoms with Crippen LogP contribution in [0.4, 0.5) is 11.4 Å². The molecular formula is C17H17N3O. The zero-order valence-corrected chi connectivity index (χ0v) is 11.5. The van der Waals surface area contributed by atoms with Gasteiger partial charge in [0.2, 0.25) is 0 Å². The van der Waals surface area contributed by atoms with Gasteiger partial charge in [0.15, 0.2) is 0 Å². The summed E-state index contributed by atoms with van der Waals surface area (Å²) in [5, 5.41) is 13.8. The van der Waals surface area contributed by atoms with Crippen LogP contribution in [0.15, 0.2) is 60.8 Å². The van der Waals surface area contributed by atoms with Gasteiger partial charge in [-0.1, -0.05) is 30.3 Å². The van der Waals surface area contributed by atoms with E-state index in [0.29, 0.717) is 5.69 Å². The molecule has 0 radical (unpaired) electrons. The molecule has 0 spiro atoms. The van der Waals surface area contributed by atoms with Crippen molar-refractivity contribution >= 4 is 22.3 Å². The Morgan fingerprint density at radius 1 is 1.05 bits per heavy atom. The number of fused-ring (bicyclic) bond motifs is 1. The third kappa shape index (κ3) is 2.66. The van der Waals surface area contributed by atoms with E-state index < -0.39 is 0 Å². The summed E-state index contributed by atoms with van der Waals surface area (Å²) >= 11 is 0. The molecule has 1 atom stereocenters. The molecular weight excluding hydrogens is 262 g/mol. The third-order valence-electron chi connectivity index (χ3n) is 3.54. The van der Waals surface area contributed by atoms with E-state index in [1.807, 2.05) is 54.6 Å². The molecule has 1 aromatic heterocycles. The van der Waals surface area contributed by atoms with Crippen LogP contribution in [-0.4, -0.2) is 16.7 Å². The van der Waals surface area contributed by atoms with E-state index >= 15 is 0 Å². The average molecular weight is 279 g/mol. The molecule has 0 fully saturated rings. The SMILES string of the molecule is Nc1c(NC(CO)c2ccccc2)ccc2ncccc12. The van der Waals surface area contributed by atoms with Crippen LogP contribution < -0.4 is 11.1 Å². The maximum atomic E-state index is 9.63. The predicted octanol–water partition coefficient (Wildman–Crippen LogP) is 2.96. The van der Waals surface area contributed by atoms with E-state index in [0.717, 1.165) is 22.2 Å². The number of nitrogens with two attached hydrogens (primary N) is 1. The molecule has 4 N–H and O–H groups in total. The zero-order chi connectivity index (χ0) is 14.7. The molecule has 0 bridgehead atoms. The number of hydrogen-bond donors (Lipinski definition) is 3. The van der Waals surface area contributed by atoms with Crippen LogP contribution in [0.25, 0.3) is 10.9 Å². The van der Waals surface area contributed by atoms with Crippen molar-refractivity contribution in [3.05, 3.63) is 66.4 Å². The summed E-state index contributed by atoms with van der Waals surface area (Å²) in [7, 11) is 0. The largest absolute Gasteiger partial charge is 0.397 e. The summed E-state index contributed by atoms with van der Waals surface area (Å²) in [5.41, 5.74) is 9.55. The fraction of sp³-hybridized carbons (Fsp3) is 0.118. The highest BCUT2D eigenvalue weighted by molar-refractivity contribution is 5.96. The molecule has 0 aliphatic rings. The fourth-order valence-electron chi connectivity index (χ4n) is 2.41. The lowest BCUT2D eigenvalue weighted by atomic mass is 10.1. The smallest absolute Gasteiger partial charge is 0.0745 e. The molecule has 0 aliphatic carbocycles. The van der Waals surface area contributed by atoms with Crippen LogP contribution in [0.2, 0.25) is 0 Å². The molecule has 4 nitrogen and oxygen atoms in total. The quantitative estimate of drug-likeness (QED) is 0.642. The monoisotopic (exact) mass is 279 g/mol. The summed E-state index contributed by atoms with van der Waals surface area (Å²) in [6.07, 6.45) is 1.75. The standard InChI is InChI=1S/C17H17N3O/c18-17-13-7-4-10-19-14(13)8-9-15(17)20-16(11-21)12-5-2-1-3-6-12/h1-10,16,20-21H,11,18H2. The van der Waals surface area contributed by atoms with Gasteiger partial charge in [-0.05, 0) is 29.8 Å². The topological polar surface area (TPSA) is 71.2 Å². The molecule has 0 saturated heterocycles. The van der Waals surface area contributed by atoms with Crippen molar-refractivity contribution in [2.24, 2.45) is 0 Å². The summed E-state index contributed by atoms with van der Waals surface area (Å²) in [6, 6.07) is 17.3. The number of nitrogen functional groups attached to an aromatic ring is 1. The Morgan fingerprint density at radius 3 is 2.62 bits per heavy atom. The first-order valence-corrected chi connectivity index (χ1v) is 6.85. The van der Waals surface area contributed by atoms with E-state index in [1.54, 1.807) is 6.20 Å². The lowest BCUT2D eigenvalue weighted by Crippen LogP contribution is -2.15. The van der Waals surface area contributed by atoms with Crippen molar-refractivity contribution in [2.75, 3.05) is 17.7 Å². The Morgan fingerprint density at radius 2 is 1.86 bits per heavy atom. The molecule has 0 saturated carbocycles. The van der Waals surface area contributed by atoms with E-state index in [1.165, 1.54) is 0 Å². The van der Waals surface area contributed by atoms with Gasteiger partial charge < -0.3 is 16.2 Å². The Kier molecular flexibility index (Phi) is 3.71. The van der Waals surface area contributed by atoms with Gasteiger partial charge in [-0.15, -0.1) is 0 Å². The zero-order valence-electron chi connectivity index (χ0n) is 11.5. The lowest BCUT2D eigenvalue weighted by molar-refractivity contribution is 0.276. The second-order valence-electron chi connectivity index (χ2n) is 4.89. The Hall–Kier alpha value is -2.59. The molecule has 2 aromatic carbocycles. The first-order chi connectivity index (χ1) is 10.3. The number of benzene rings is 2. The number of anilines is 2. The molecule has 4 heteroatoms. The Labute approximate surface area is 123 Å². The fourth-order valence-corrected chi connectivity index (χ4v) is 2.41. The molecule has 1 unspecified atom stereocenters. The van der Waals surface area contributed by atoms with Gasteiger partial charge >= 0.3 is 0 Å². The lowest BCUT2D eigenvalue weighted by Gasteiger charge is -2.20. The predicted molar refractivity (Wildman–Crippen MR) is 86.0 cm³/mol. The normalized spacial score (nSPS) is 12.2. The van der Waals surface area contributed by atoms with Crippen molar-refractivity contribution in [1.29, 1.82) is 0 Å². The number of nitrogens with zero attached hydrogens (tertiary/aromatic N) is 1. The first kappa shape index (κ1) is 13.4. The van der Waals surface area contributed by atoms with Crippen molar-refractivity contribution in [3.8, 4) is 0 Å². The Bertz CT molecular complexity index is 743. The van der Waals surface area contributed by atoms with Gasteiger partial charge in [0, 0.05) is 11.6 Å². The number of aliphatic hydroxyl groups is 1. The number of nitrogens with one attached hydrogen (secondary N) is 1. The van der Waals surface area contributed by atoms with Crippen LogP contribution in [0.3, 0.4) is 0 Å². The molecule has 21 heavy (non-hydrogen) atoms. The van der Waals surface area contributed by atoms with Crippen molar-refractivity contribution < 1.29 is 5.11 Å². The Balaban J connectivity index is 1.95. The average Bonchev–Trinajstić information content (AvgIpc) is 2.55. The van der Waals surface area contributed by atoms with Crippen LogP contribution in [0.1, 0.15) is 11.6 Å². The number of pyridine rings is 1. The van der Waals surface area contributed by atoms with E-state index in [4.69, 9.17) is 5.73 Å². The van der Waals surface area contributed by atoms with E-state index in [9.17, 15) is 5.11 Å². The second-order valence-corrected chi connectivity index (χ2v) is 4.89. The molecule has 3 aromatic rings. The van der Waals surface area contributed by atoms with Gasteiger partial charge in [-0.2, -0.15) is 0 Å². The van der Waals surface area contributed by atoms with Crippen LogP contribution in [0, 0.1) is 0 Å². The van der Waals surface area contributed by atoms with Gasteiger partial charge in [-0.25, -0.2) is 0 Å². The van der Waals surface area contributed by atoms with Gasteiger partial charge in [0.1, 0.15) is 0 Å². The minimum Gasteiger partial charge on any atom is -0.397 e. The van der Waals surface area contributed by atoms with Crippen molar-refractivity contribution in [1.82, 2.24) is 4.98 Å².